The molecule has 0 radical (unpaired) electrons. The molecule has 0 aliphatic heterocycles. The van der Waals surface area contributed by atoms with Crippen molar-refractivity contribution in [1.82, 2.24) is 4.98 Å². The van der Waals surface area contributed by atoms with Crippen molar-refractivity contribution >= 4 is 16.9 Å². The molecule has 0 saturated heterocycles. The average Bonchev–Trinajstić information content (AvgIpc) is 2.39. The minimum atomic E-state index is -1.20. The van der Waals surface area contributed by atoms with Crippen LogP contribution >= 0.6 is 0 Å². The first kappa shape index (κ1) is 11.2. The van der Waals surface area contributed by atoms with E-state index in [0.29, 0.717) is 11.2 Å². The lowest BCUT2D eigenvalue weighted by Crippen LogP contribution is -2.13. The predicted molar refractivity (Wildman–Crippen MR) is 62.3 cm³/mol. The lowest BCUT2D eigenvalue weighted by molar-refractivity contribution is -0.142. The number of hydrogen-bond acceptors (Lipinski definition) is 5. The van der Waals surface area contributed by atoms with Gasteiger partial charge in [-0.05, 0) is 17.3 Å². The summed E-state index contributed by atoms with van der Waals surface area (Å²) in [6.07, 6.45) is 0. The average molecular weight is 230 g/mol. The molecule has 86 valence electrons. The second-order valence-corrected chi connectivity index (χ2v) is 3.46. The predicted octanol–water partition coefficient (Wildman–Crippen LogP) is 2.22. The van der Waals surface area contributed by atoms with Gasteiger partial charge in [-0.25, -0.2) is 9.78 Å². The number of hydrogen-bond donors (Lipinski definition) is 0. The van der Waals surface area contributed by atoms with E-state index in [1.807, 2.05) is 18.2 Å². The molecule has 0 aliphatic rings. The van der Waals surface area contributed by atoms with Gasteiger partial charge in [0, 0.05) is 5.39 Å². The van der Waals surface area contributed by atoms with Crippen LogP contribution in [0.15, 0.2) is 41.6 Å². The van der Waals surface area contributed by atoms with E-state index in [9.17, 15) is 9.70 Å². The molecule has 1 heterocycles. The van der Waals surface area contributed by atoms with Crippen molar-refractivity contribution < 1.29 is 9.53 Å². The van der Waals surface area contributed by atoms with Crippen LogP contribution in [0, 0.1) is 4.91 Å². The molecule has 1 unspecified atom stereocenters. The number of benzene rings is 1. The highest BCUT2D eigenvalue weighted by Crippen LogP contribution is 2.20. The van der Waals surface area contributed by atoms with Gasteiger partial charge >= 0.3 is 5.97 Å². The van der Waals surface area contributed by atoms with Gasteiger partial charge in [0.15, 0.2) is 0 Å². The number of nitrogens with zero attached hydrogens (tertiary/aromatic N) is 2. The molecule has 0 aliphatic carbocycles. The van der Waals surface area contributed by atoms with Crippen molar-refractivity contribution in [3.05, 3.63) is 47.0 Å². The Kier molecular flexibility index (Phi) is 3.09. The Labute approximate surface area is 97.4 Å². The van der Waals surface area contributed by atoms with E-state index >= 15 is 0 Å². The lowest BCUT2D eigenvalue weighted by Gasteiger charge is -2.07. The molecule has 0 saturated carbocycles. The molecule has 2 rings (SSSR count). The third kappa shape index (κ3) is 2.13. The molecule has 0 bridgehead atoms. The second-order valence-electron chi connectivity index (χ2n) is 3.46. The third-order valence-corrected chi connectivity index (χ3v) is 2.43. The van der Waals surface area contributed by atoms with Crippen LogP contribution in [0.3, 0.4) is 0 Å². The fourth-order valence-corrected chi connectivity index (χ4v) is 1.56. The zero-order valence-electron chi connectivity index (χ0n) is 9.16. The lowest BCUT2D eigenvalue weighted by atomic mass is 10.1. The van der Waals surface area contributed by atoms with Gasteiger partial charge in [0.05, 0.1) is 18.3 Å². The van der Waals surface area contributed by atoms with E-state index in [1.165, 1.54) is 7.11 Å². The molecular formula is C12H10N2O3. The van der Waals surface area contributed by atoms with E-state index in [1.54, 1.807) is 18.2 Å². The number of carbonyl (C=O) groups is 1. The fourth-order valence-electron chi connectivity index (χ4n) is 1.56. The summed E-state index contributed by atoms with van der Waals surface area (Å²) in [5.41, 5.74) is 1.01. The Morgan fingerprint density at radius 1 is 1.29 bits per heavy atom. The monoisotopic (exact) mass is 230 g/mol. The minimum absolute atomic E-state index is 0.297. The summed E-state index contributed by atoms with van der Waals surface area (Å²) in [7, 11) is 1.21. The van der Waals surface area contributed by atoms with E-state index in [2.05, 4.69) is 14.9 Å². The molecule has 1 aromatic heterocycles. The van der Waals surface area contributed by atoms with Crippen LogP contribution in [-0.2, 0) is 9.53 Å². The number of ether oxygens (including phenoxy) is 1. The van der Waals surface area contributed by atoms with Crippen LogP contribution < -0.4 is 0 Å². The van der Waals surface area contributed by atoms with Crippen molar-refractivity contribution in [2.24, 2.45) is 5.18 Å². The molecule has 0 fully saturated rings. The number of carbonyl (C=O) groups excluding carboxylic acids is 1. The number of rotatable bonds is 3. The normalized spacial score (nSPS) is 12.1. The van der Waals surface area contributed by atoms with Crippen molar-refractivity contribution in [3.63, 3.8) is 0 Å². The van der Waals surface area contributed by atoms with Gasteiger partial charge < -0.3 is 4.74 Å². The summed E-state index contributed by atoms with van der Waals surface area (Å²) in [4.78, 5) is 26.2. The van der Waals surface area contributed by atoms with Crippen molar-refractivity contribution in [2.45, 2.75) is 6.04 Å². The molecule has 5 nitrogen and oxygen atoms in total. The zero-order valence-corrected chi connectivity index (χ0v) is 9.16. The van der Waals surface area contributed by atoms with Gasteiger partial charge in [0.25, 0.3) is 0 Å². The maximum absolute atomic E-state index is 11.3. The SMILES string of the molecule is COC(=O)C(N=O)c1ccc2ccccc2n1. The molecule has 2 aromatic rings. The van der Waals surface area contributed by atoms with Gasteiger partial charge in [0.1, 0.15) is 0 Å². The molecule has 5 heteroatoms. The summed E-state index contributed by atoms with van der Waals surface area (Å²) >= 11 is 0. The number of pyridine rings is 1. The molecule has 0 spiro atoms. The van der Waals surface area contributed by atoms with Gasteiger partial charge in [-0.2, -0.15) is 0 Å². The van der Waals surface area contributed by atoms with Crippen molar-refractivity contribution in [1.29, 1.82) is 0 Å². The maximum atomic E-state index is 11.3. The van der Waals surface area contributed by atoms with E-state index in [0.717, 1.165) is 5.39 Å². The summed E-state index contributed by atoms with van der Waals surface area (Å²) in [5.74, 6) is -0.706. The van der Waals surface area contributed by atoms with Crippen LogP contribution in [-0.4, -0.2) is 18.1 Å². The number of aromatic nitrogens is 1. The smallest absolute Gasteiger partial charge is 0.340 e. The summed E-state index contributed by atoms with van der Waals surface area (Å²) in [5, 5.41) is 3.68. The topological polar surface area (TPSA) is 68.6 Å². The van der Waals surface area contributed by atoms with E-state index in [4.69, 9.17) is 0 Å². The third-order valence-electron chi connectivity index (χ3n) is 2.43. The van der Waals surface area contributed by atoms with Gasteiger partial charge in [-0.1, -0.05) is 24.3 Å². The largest absolute Gasteiger partial charge is 0.467 e. The van der Waals surface area contributed by atoms with E-state index < -0.39 is 12.0 Å². The number of para-hydroxylation sites is 1. The van der Waals surface area contributed by atoms with E-state index in [-0.39, 0.29) is 0 Å². The second kappa shape index (κ2) is 4.69. The molecule has 1 atom stereocenters. The van der Waals surface area contributed by atoms with Gasteiger partial charge in [-0.15, -0.1) is 4.91 Å². The van der Waals surface area contributed by atoms with Gasteiger partial charge in [-0.3, -0.25) is 0 Å². The fraction of sp³-hybridized carbons (Fsp3) is 0.167. The van der Waals surface area contributed by atoms with Crippen LogP contribution in [0.5, 0.6) is 0 Å². The maximum Gasteiger partial charge on any atom is 0.340 e. The van der Waals surface area contributed by atoms with Crippen LogP contribution in [0.2, 0.25) is 0 Å². The highest BCUT2D eigenvalue weighted by molar-refractivity contribution is 5.81. The Bertz CT molecular complexity index is 568. The minimum Gasteiger partial charge on any atom is -0.467 e. The molecular weight excluding hydrogens is 220 g/mol. The molecule has 17 heavy (non-hydrogen) atoms. The molecule has 1 aromatic carbocycles. The number of fused-ring (bicyclic) bond motifs is 1. The van der Waals surface area contributed by atoms with Crippen LogP contribution in [0.1, 0.15) is 11.7 Å². The van der Waals surface area contributed by atoms with Crippen molar-refractivity contribution in [2.75, 3.05) is 7.11 Å². The number of nitroso groups, excluding NO2 is 1. The highest BCUT2D eigenvalue weighted by atomic mass is 16.5. The quantitative estimate of drug-likeness (QED) is 0.598. The Balaban J connectivity index is 2.47. The number of esters is 1. The summed E-state index contributed by atoms with van der Waals surface area (Å²) in [6.45, 7) is 0. The Hall–Kier alpha value is -2.30. The highest BCUT2D eigenvalue weighted by Gasteiger charge is 2.23. The van der Waals surface area contributed by atoms with Gasteiger partial charge in [0.2, 0.25) is 6.04 Å². The summed E-state index contributed by atoms with van der Waals surface area (Å²) < 4.78 is 4.50. The standard InChI is InChI=1S/C12H10N2O3/c1-17-12(15)11(14-16)10-7-6-8-4-2-3-5-9(8)13-10/h2-7,11H,1H3. The first-order valence-electron chi connectivity index (χ1n) is 5.02. The van der Waals surface area contributed by atoms with Crippen LogP contribution in [0.25, 0.3) is 10.9 Å². The summed E-state index contributed by atoms with van der Waals surface area (Å²) in [6, 6.07) is 9.61. The Morgan fingerprint density at radius 3 is 2.76 bits per heavy atom. The molecule has 0 amide bonds. The van der Waals surface area contributed by atoms with Crippen molar-refractivity contribution in [3.8, 4) is 0 Å². The Morgan fingerprint density at radius 2 is 2.06 bits per heavy atom. The first-order chi connectivity index (χ1) is 8.26. The van der Waals surface area contributed by atoms with Crippen LogP contribution in [0.4, 0.5) is 0 Å². The zero-order chi connectivity index (χ0) is 12.3. The first-order valence-corrected chi connectivity index (χ1v) is 5.02. The number of methoxy groups -OCH3 is 1. The molecule has 0 N–H and O–H groups in total.